The van der Waals surface area contributed by atoms with Crippen LogP contribution < -0.4 is 10.1 Å². The highest BCUT2D eigenvalue weighted by atomic mass is 16.5. The van der Waals surface area contributed by atoms with Gasteiger partial charge in [-0.2, -0.15) is 0 Å². The number of rotatable bonds is 5. The Morgan fingerprint density at radius 2 is 1.91 bits per heavy atom. The summed E-state index contributed by atoms with van der Waals surface area (Å²) >= 11 is 0. The van der Waals surface area contributed by atoms with E-state index in [9.17, 15) is 4.79 Å². The van der Waals surface area contributed by atoms with Gasteiger partial charge < -0.3 is 14.5 Å². The first-order valence-electron chi connectivity index (χ1n) is 7.56. The summed E-state index contributed by atoms with van der Waals surface area (Å²) in [7, 11) is 1.62. The van der Waals surface area contributed by atoms with Crippen LogP contribution in [0.3, 0.4) is 0 Å². The summed E-state index contributed by atoms with van der Waals surface area (Å²) in [5.41, 5.74) is 1.78. The molecule has 0 fully saturated rings. The molecule has 4 nitrogen and oxygen atoms in total. The first kappa shape index (κ1) is 15.2. The van der Waals surface area contributed by atoms with E-state index in [2.05, 4.69) is 5.32 Å². The third-order valence-electron chi connectivity index (χ3n) is 3.77. The Hall–Kier alpha value is -2.75. The normalized spacial score (nSPS) is 12.1. The number of ether oxygens (including phenoxy) is 1. The first-order chi connectivity index (χ1) is 11.2. The van der Waals surface area contributed by atoms with E-state index in [0.717, 1.165) is 28.0 Å². The lowest BCUT2D eigenvalue weighted by atomic mass is 10.1. The zero-order valence-corrected chi connectivity index (χ0v) is 13.2. The molecule has 0 radical (unpaired) electrons. The number of furan rings is 1. The number of fused-ring (bicyclic) bond motifs is 1. The fourth-order valence-electron chi connectivity index (χ4n) is 2.51. The molecule has 1 atom stereocenters. The smallest absolute Gasteiger partial charge is 0.224 e. The number of para-hydroxylation sites is 1. The number of carbonyl (C=O) groups is 1. The lowest BCUT2D eigenvalue weighted by Gasteiger charge is -2.11. The molecule has 0 saturated carbocycles. The predicted molar refractivity (Wildman–Crippen MR) is 89.5 cm³/mol. The van der Waals surface area contributed by atoms with Gasteiger partial charge in [0, 0.05) is 5.39 Å². The Morgan fingerprint density at radius 3 is 2.61 bits per heavy atom. The molecule has 0 unspecified atom stereocenters. The summed E-state index contributed by atoms with van der Waals surface area (Å²) in [6, 6.07) is 17.1. The predicted octanol–water partition coefficient (Wildman–Crippen LogP) is 3.86. The van der Waals surface area contributed by atoms with Gasteiger partial charge in [0.25, 0.3) is 0 Å². The van der Waals surface area contributed by atoms with Gasteiger partial charge in [0.2, 0.25) is 5.91 Å². The van der Waals surface area contributed by atoms with E-state index in [1.807, 2.05) is 61.5 Å². The van der Waals surface area contributed by atoms with Crippen LogP contribution in [-0.2, 0) is 11.2 Å². The van der Waals surface area contributed by atoms with Gasteiger partial charge >= 0.3 is 0 Å². The first-order valence-corrected chi connectivity index (χ1v) is 7.56. The molecule has 0 aliphatic carbocycles. The van der Waals surface area contributed by atoms with Crippen molar-refractivity contribution in [3.63, 3.8) is 0 Å². The largest absolute Gasteiger partial charge is 0.497 e. The van der Waals surface area contributed by atoms with Gasteiger partial charge in [0.1, 0.15) is 17.1 Å². The molecule has 0 aliphatic heterocycles. The van der Waals surface area contributed by atoms with Gasteiger partial charge in [0.05, 0.1) is 19.6 Å². The molecule has 0 bridgehead atoms. The van der Waals surface area contributed by atoms with Crippen molar-refractivity contribution < 1.29 is 13.9 Å². The SMILES string of the molecule is COc1ccc(CC(=O)N[C@@H](C)c2cc3ccccc3o2)cc1. The van der Waals surface area contributed by atoms with Gasteiger partial charge in [-0.3, -0.25) is 4.79 Å². The van der Waals surface area contributed by atoms with Crippen molar-refractivity contribution in [2.45, 2.75) is 19.4 Å². The molecule has 1 aromatic heterocycles. The molecular formula is C19H19NO3. The number of benzene rings is 2. The van der Waals surface area contributed by atoms with Crippen molar-refractivity contribution in [2.24, 2.45) is 0 Å². The van der Waals surface area contributed by atoms with Crippen molar-refractivity contribution in [3.05, 3.63) is 65.9 Å². The Balaban J connectivity index is 1.64. The van der Waals surface area contributed by atoms with E-state index in [-0.39, 0.29) is 11.9 Å². The van der Waals surface area contributed by atoms with E-state index >= 15 is 0 Å². The molecular weight excluding hydrogens is 290 g/mol. The summed E-state index contributed by atoms with van der Waals surface area (Å²) in [5, 5.41) is 4.01. The van der Waals surface area contributed by atoms with Crippen LogP contribution in [0.15, 0.2) is 59.0 Å². The molecule has 0 spiro atoms. The van der Waals surface area contributed by atoms with Crippen LogP contribution in [0.4, 0.5) is 0 Å². The maximum Gasteiger partial charge on any atom is 0.224 e. The molecule has 3 aromatic rings. The minimum Gasteiger partial charge on any atom is -0.497 e. The molecule has 1 N–H and O–H groups in total. The third kappa shape index (κ3) is 3.54. The van der Waals surface area contributed by atoms with E-state index in [4.69, 9.17) is 9.15 Å². The van der Waals surface area contributed by atoms with Gasteiger partial charge in [-0.05, 0) is 36.8 Å². The number of methoxy groups -OCH3 is 1. The Morgan fingerprint density at radius 1 is 1.17 bits per heavy atom. The summed E-state index contributed by atoms with van der Waals surface area (Å²) in [4.78, 5) is 12.2. The Labute approximate surface area is 135 Å². The number of amides is 1. The van der Waals surface area contributed by atoms with E-state index < -0.39 is 0 Å². The van der Waals surface area contributed by atoms with Crippen molar-refractivity contribution >= 4 is 16.9 Å². The maximum atomic E-state index is 12.2. The van der Waals surface area contributed by atoms with E-state index in [1.54, 1.807) is 7.11 Å². The van der Waals surface area contributed by atoms with Crippen LogP contribution in [0, 0.1) is 0 Å². The van der Waals surface area contributed by atoms with Crippen molar-refractivity contribution in [2.75, 3.05) is 7.11 Å². The highest BCUT2D eigenvalue weighted by Crippen LogP contribution is 2.23. The molecule has 1 amide bonds. The average Bonchev–Trinajstić information content (AvgIpc) is 2.99. The van der Waals surface area contributed by atoms with Gasteiger partial charge in [-0.25, -0.2) is 0 Å². The zero-order valence-electron chi connectivity index (χ0n) is 13.2. The number of carbonyl (C=O) groups excluding carboxylic acids is 1. The number of nitrogens with one attached hydrogen (secondary N) is 1. The van der Waals surface area contributed by atoms with Crippen molar-refractivity contribution in [3.8, 4) is 5.75 Å². The monoisotopic (exact) mass is 309 g/mol. The standard InChI is InChI=1S/C19H19NO3/c1-13(18-12-15-5-3-4-6-17(15)23-18)20-19(21)11-14-7-9-16(22-2)10-8-14/h3-10,12-13H,11H2,1-2H3,(H,20,21)/t13-/m0/s1. The zero-order chi connectivity index (χ0) is 16.2. The Kier molecular flexibility index (Phi) is 4.33. The van der Waals surface area contributed by atoms with E-state index in [1.165, 1.54) is 0 Å². The van der Waals surface area contributed by atoms with Gasteiger partial charge in [-0.15, -0.1) is 0 Å². The van der Waals surface area contributed by atoms with Crippen LogP contribution in [0.2, 0.25) is 0 Å². The lowest BCUT2D eigenvalue weighted by molar-refractivity contribution is -0.121. The van der Waals surface area contributed by atoms with Gasteiger partial charge in [-0.1, -0.05) is 30.3 Å². The van der Waals surface area contributed by atoms with Crippen molar-refractivity contribution in [1.29, 1.82) is 0 Å². The molecule has 0 aliphatic rings. The van der Waals surface area contributed by atoms with Crippen LogP contribution in [0.25, 0.3) is 11.0 Å². The van der Waals surface area contributed by atoms with Crippen LogP contribution in [-0.4, -0.2) is 13.0 Å². The second kappa shape index (κ2) is 6.57. The molecule has 3 rings (SSSR count). The summed E-state index contributed by atoms with van der Waals surface area (Å²) in [6.07, 6.45) is 0.328. The third-order valence-corrected chi connectivity index (χ3v) is 3.77. The lowest BCUT2D eigenvalue weighted by Crippen LogP contribution is -2.27. The van der Waals surface area contributed by atoms with Crippen molar-refractivity contribution in [1.82, 2.24) is 5.32 Å². The molecule has 2 aromatic carbocycles. The molecule has 23 heavy (non-hydrogen) atoms. The fraction of sp³-hybridized carbons (Fsp3) is 0.211. The maximum absolute atomic E-state index is 12.2. The molecule has 0 saturated heterocycles. The second-order valence-corrected chi connectivity index (χ2v) is 5.50. The van der Waals surface area contributed by atoms with Gasteiger partial charge in [0.15, 0.2) is 0 Å². The average molecular weight is 309 g/mol. The molecule has 1 heterocycles. The number of hydrogen-bond acceptors (Lipinski definition) is 3. The topological polar surface area (TPSA) is 51.5 Å². The minimum atomic E-state index is -0.173. The molecule has 4 heteroatoms. The number of hydrogen-bond donors (Lipinski definition) is 1. The van der Waals surface area contributed by atoms with E-state index in [0.29, 0.717) is 6.42 Å². The summed E-state index contributed by atoms with van der Waals surface area (Å²) in [6.45, 7) is 1.92. The van der Waals surface area contributed by atoms with Crippen LogP contribution in [0.1, 0.15) is 24.3 Å². The Bertz CT molecular complexity index is 772. The van der Waals surface area contributed by atoms with Crippen LogP contribution in [0.5, 0.6) is 5.75 Å². The second-order valence-electron chi connectivity index (χ2n) is 5.50. The quantitative estimate of drug-likeness (QED) is 0.778. The molecule has 118 valence electrons. The summed E-state index contributed by atoms with van der Waals surface area (Å²) in [5.74, 6) is 1.50. The summed E-state index contributed by atoms with van der Waals surface area (Å²) < 4.78 is 10.9. The minimum absolute atomic E-state index is 0.0388. The highest BCUT2D eigenvalue weighted by Gasteiger charge is 2.14. The highest BCUT2D eigenvalue weighted by molar-refractivity contribution is 5.80. The van der Waals surface area contributed by atoms with Crippen LogP contribution >= 0.6 is 0 Å². The fourth-order valence-corrected chi connectivity index (χ4v) is 2.51.